The maximum atomic E-state index is 4.80. The van der Waals surface area contributed by atoms with E-state index in [9.17, 15) is 0 Å². The van der Waals surface area contributed by atoms with Gasteiger partial charge < -0.3 is 9.80 Å². The molecule has 0 bridgehead atoms. The zero-order chi connectivity index (χ0) is 27.2. The van der Waals surface area contributed by atoms with Crippen molar-refractivity contribution < 1.29 is 0 Å². The minimum absolute atomic E-state index is 0.969. The summed E-state index contributed by atoms with van der Waals surface area (Å²) < 4.78 is 12.1. The van der Waals surface area contributed by atoms with E-state index in [4.69, 9.17) is 8.75 Å². The van der Waals surface area contributed by atoms with Crippen LogP contribution < -0.4 is 9.80 Å². The summed E-state index contributed by atoms with van der Waals surface area (Å²) in [5.41, 5.74) is 6.44. The molecule has 0 aliphatic heterocycles. The van der Waals surface area contributed by atoms with Crippen molar-refractivity contribution in [1.82, 2.24) is 8.75 Å². The number of rotatable bonds is 6. The highest BCUT2D eigenvalue weighted by molar-refractivity contribution is 7.31. The summed E-state index contributed by atoms with van der Waals surface area (Å²) in [4.78, 5) is 4.66. The lowest BCUT2D eigenvalue weighted by Gasteiger charge is -2.23. The van der Waals surface area contributed by atoms with Gasteiger partial charge in [0.15, 0.2) is 0 Å². The van der Waals surface area contributed by atoms with E-state index in [2.05, 4.69) is 143 Å². The summed E-state index contributed by atoms with van der Waals surface area (Å²) in [6, 6.07) is 46.8. The predicted molar refractivity (Wildman–Crippen MR) is 178 cm³/mol. The molecule has 0 N–H and O–H groups in total. The van der Waals surface area contributed by atoms with Crippen molar-refractivity contribution in [3.05, 3.63) is 133 Å². The molecular formula is C34H22N4S3. The Hall–Kier alpha value is -4.56. The van der Waals surface area contributed by atoms with E-state index >= 15 is 0 Å². The zero-order valence-electron chi connectivity index (χ0n) is 21.7. The van der Waals surface area contributed by atoms with Gasteiger partial charge in [-0.05, 0) is 60.7 Å². The van der Waals surface area contributed by atoms with Crippen LogP contribution in [0.3, 0.4) is 0 Å². The molecule has 0 aliphatic rings. The fourth-order valence-electron chi connectivity index (χ4n) is 5.32. The Bertz CT molecular complexity index is 1870. The van der Waals surface area contributed by atoms with Gasteiger partial charge in [0.25, 0.3) is 0 Å². The van der Waals surface area contributed by atoms with Crippen molar-refractivity contribution in [1.29, 1.82) is 0 Å². The molecule has 0 amide bonds. The van der Waals surface area contributed by atoms with Gasteiger partial charge in [0.2, 0.25) is 0 Å². The summed E-state index contributed by atoms with van der Waals surface area (Å²) in [6.45, 7) is 0. The Kier molecular flexibility index (Phi) is 5.99. The molecule has 7 heteroatoms. The SMILES string of the molecule is c1ccc(N(c2ccccc2)c2cc3c4nsnc4c4cc(N(c5ccccc5)c5ccccc5)sc4c3s2)cc1. The Labute approximate surface area is 249 Å². The molecule has 41 heavy (non-hydrogen) atoms. The minimum atomic E-state index is 0.969. The van der Waals surface area contributed by atoms with Crippen molar-refractivity contribution in [2.45, 2.75) is 0 Å². The number of thiophene rings is 2. The third-order valence-electron chi connectivity index (χ3n) is 7.14. The maximum absolute atomic E-state index is 4.80. The molecule has 0 fully saturated rings. The van der Waals surface area contributed by atoms with Crippen molar-refractivity contribution in [3.8, 4) is 0 Å². The number of aromatic nitrogens is 2. The predicted octanol–water partition coefficient (Wildman–Crippen LogP) is 11.1. The van der Waals surface area contributed by atoms with Crippen LogP contribution in [0.2, 0.25) is 0 Å². The Morgan fingerprint density at radius 2 is 0.732 bits per heavy atom. The van der Waals surface area contributed by atoms with Crippen LogP contribution in [0.5, 0.6) is 0 Å². The van der Waals surface area contributed by atoms with Crippen molar-refractivity contribution >= 4 is 98.4 Å². The lowest BCUT2D eigenvalue weighted by molar-refractivity contribution is 1.32. The minimum Gasteiger partial charge on any atom is -0.302 e. The molecule has 0 atom stereocenters. The summed E-state index contributed by atoms with van der Waals surface area (Å²) in [5.74, 6) is 0. The van der Waals surface area contributed by atoms with E-state index in [-0.39, 0.29) is 0 Å². The molecule has 8 aromatic rings. The van der Waals surface area contributed by atoms with Crippen LogP contribution in [0.25, 0.3) is 31.2 Å². The van der Waals surface area contributed by atoms with E-state index in [1.807, 2.05) is 22.7 Å². The van der Waals surface area contributed by atoms with E-state index in [0.29, 0.717) is 0 Å². The van der Waals surface area contributed by atoms with Crippen molar-refractivity contribution in [2.24, 2.45) is 0 Å². The molecule has 0 saturated heterocycles. The highest BCUT2D eigenvalue weighted by Gasteiger charge is 2.23. The number of nitrogens with zero attached hydrogens (tertiary/aromatic N) is 4. The largest absolute Gasteiger partial charge is 0.302 e. The lowest BCUT2D eigenvalue weighted by Crippen LogP contribution is -2.07. The average molecular weight is 583 g/mol. The van der Waals surface area contributed by atoms with Crippen LogP contribution in [-0.2, 0) is 0 Å². The van der Waals surface area contributed by atoms with Gasteiger partial charge in [0.1, 0.15) is 21.0 Å². The van der Waals surface area contributed by atoms with Crippen molar-refractivity contribution in [3.63, 3.8) is 0 Å². The highest BCUT2D eigenvalue weighted by atomic mass is 32.1. The first-order valence-electron chi connectivity index (χ1n) is 13.3. The molecular weight excluding hydrogens is 561 g/mol. The average Bonchev–Trinajstić information content (AvgIpc) is 3.78. The Morgan fingerprint density at radius 1 is 0.415 bits per heavy atom. The van der Waals surface area contributed by atoms with Crippen LogP contribution >= 0.6 is 34.4 Å². The van der Waals surface area contributed by atoms with Gasteiger partial charge in [-0.2, -0.15) is 8.75 Å². The van der Waals surface area contributed by atoms with Gasteiger partial charge in [-0.1, -0.05) is 72.8 Å². The summed E-state index contributed by atoms with van der Waals surface area (Å²) in [6.07, 6.45) is 0. The number of para-hydroxylation sites is 4. The molecule has 0 radical (unpaired) electrons. The normalized spacial score (nSPS) is 11.4. The number of fused-ring (bicyclic) bond motifs is 6. The number of anilines is 6. The second kappa shape index (κ2) is 10.1. The van der Waals surface area contributed by atoms with Gasteiger partial charge in [-0.3, -0.25) is 0 Å². The number of hydrogen-bond donors (Lipinski definition) is 0. The van der Waals surface area contributed by atoms with Gasteiger partial charge in [-0.25, -0.2) is 0 Å². The van der Waals surface area contributed by atoms with Crippen LogP contribution in [0.4, 0.5) is 32.8 Å². The van der Waals surface area contributed by atoms with Crippen LogP contribution in [-0.4, -0.2) is 8.75 Å². The Balaban J connectivity index is 1.38. The molecule has 0 saturated carbocycles. The summed E-state index contributed by atoms with van der Waals surface area (Å²) >= 11 is 4.91. The fourth-order valence-corrected chi connectivity index (χ4v) is 8.46. The topological polar surface area (TPSA) is 32.3 Å². The lowest BCUT2D eigenvalue weighted by atomic mass is 10.1. The Morgan fingerprint density at radius 3 is 1.05 bits per heavy atom. The molecule has 4 nitrogen and oxygen atoms in total. The molecule has 196 valence electrons. The fraction of sp³-hybridized carbons (Fsp3) is 0. The standard InChI is InChI=1S/C34H22N4S3/c1-5-13-23(14-6-1)37(24-15-7-2-8-16-24)29-21-27-31-32(36-41-35-31)28-22-30(40-34(28)33(27)39-29)38(25-17-9-3-10-18-25)26-19-11-4-12-20-26/h1-22H. The van der Waals surface area contributed by atoms with Crippen LogP contribution in [0, 0.1) is 0 Å². The van der Waals surface area contributed by atoms with E-state index in [0.717, 1.165) is 54.6 Å². The molecule has 3 aromatic heterocycles. The molecule has 5 aromatic carbocycles. The third-order valence-corrected chi connectivity index (χ3v) is 10.1. The summed E-state index contributed by atoms with van der Waals surface area (Å²) in [5, 5.41) is 4.60. The molecule has 8 rings (SSSR count). The van der Waals surface area contributed by atoms with Crippen molar-refractivity contribution in [2.75, 3.05) is 9.80 Å². The van der Waals surface area contributed by atoms with Gasteiger partial charge in [0, 0.05) is 33.5 Å². The third kappa shape index (κ3) is 4.17. The van der Waals surface area contributed by atoms with Gasteiger partial charge in [0.05, 0.1) is 21.1 Å². The molecule has 3 heterocycles. The summed E-state index contributed by atoms with van der Waals surface area (Å²) in [7, 11) is 0. The van der Waals surface area contributed by atoms with Crippen LogP contribution in [0.15, 0.2) is 133 Å². The molecule has 0 aliphatic carbocycles. The quantitative estimate of drug-likeness (QED) is 0.195. The zero-order valence-corrected chi connectivity index (χ0v) is 24.2. The number of benzene rings is 5. The molecule has 0 spiro atoms. The van der Waals surface area contributed by atoms with Gasteiger partial charge >= 0.3 is 0 Å². The maximum Gasteiger partial charge on any atom is 0.114 e. The second-order valence-corrected chi connectivity index (χ2v) is 12.2. The van der Waals surface area contributed by atoms with Crippen LogP contribution in [0.1, 0.15) is 0 Å². The van der Waals surface area contributed by atoms with E-state index in [1.165, 1.54) is 21.1 Å². The highest BCUT2D eigenvalue weighted by Crippen LogP contribution is 2.50. The van der Waals surface area contributed by atoms with E-state index < -0.39 is 0 Å². The number of hydrogen-bond acceptors (Lipinski definition) is 7. The second-order valence-electron chi connectivity index (χ2n) is 9.63. The van der Waals surface area contributed by atoms with E-state index in [1.54, 1.807) is 0 Å². The monoisotopic (exact) mass is 582 g/mol. The van der Waals surface area contributed by atoms with Gasteiger partial charge in [-0.15, -0.1) is 22.7 Å². The first kappa shape index (κ1) is 24.3. The smallest absolute Gasteiger partial charge is 0.114 e. The first-order valence-corrected chi connectivity index (χ1v) is 15.6. The first-order chi connectivity index (χ1) is 20.3. The molecule has 0 unspecified atom stereocenters.